The van der Waals surface area contributed by atoms with Gasteiger partial charge in [0.1, 0.15) is 0 Å². The molecular weight excluding hydrogens is 452 g/mol. The summed E-state index contributed by atoms with van der Waals surface area (Å²) in [6.45, 7) is 10.6. The van der Waals surface area contributed by atoms with Crippen molar-refractivity contribution in [3.05, 3.63) is 57.3 Å². The Bertz CT molecular complexity index is 1060. The maximum absolute atomic E-state index is 12.9. The van der Waals surface area contributed by atoms with E-state index < -0.39 is 12.0 Å². The van der Waals surface area contributed by atoms with Crippen molar-refractivity contribution in [2.75, 3.05) is 46.5 Å². The van der Waals surface area contributed by atoms with Crippen LogP contribution in [0.25, 0.3) is 0 Å². The van der Waals surface area contributed by atoms with Gasteiger partial charge >= 0.3 is 5.97 Å². The summed E-state index contributed by atoms with van der Waals surface area (Å²) in [4.78, 5) is 34.7. The van der Waals surface area contributed by atoms with E-state index in [0.29, 0.717) is 17.8 Å². The molecule has 1 aromatic carbocycles. The van der Waals surface area contributed by atoms with E-state index in [1.54, 1.807) is 0 Å². The molecule has 0 aromatic heterocycles. The van der Waals surface area contributed by atoms with E-state index in [4.69, 9.17) is 9.47 Å². The lowest BCUT2D eigenvalue weighted by Gasteiger charge is -2.37. The molecule has 1 N–H and O–H groups in total. The third kappa shape index (κ3) is 5.21. The molecule has 3 aliphatic heterocycles. The van der Waals surface area contributed by atoms with E-state index in [-0.39, 0.29) is 12.3 Å². The third-order valence-electron chi connectivity index (χ3n) is 6.32. The number of benzene rings is 1. The zero-order chi connectivity index (χ0) is 24.2. The number of aryl methyl sites for hydroxylation is 2. The second kappa shape index (κ2) is 10.8. The van der Waals surface area contributed by atoms with Crippen LogP contribution in [0.1, 0.15) is 36.1 Å². The molecule has 1 aromatic rings. The van der Waals surface area contributed by atoms with Crippen LogP contribution in [-0.4, -0.2) is 73.3 Å². The Balaban J connectivity index is 1.54. The number of hydrogen-bond donors (Lipinski definition) is 1. The van der Waals surface area contributed by atoms with Gasteiger partial charge in [-0.05, 0) is 37.3 Å². The molecule has 0 bridgehead atoms. The molecule has 1 unspecified atom stereocenters. The first-order valence-corrected chi connectivity index (χ1v) is 12.4. The van der Waals surface area contributed by atoms with Crippen molar-refractivity contribution in [3.8, 4) is 0 Å². The number of carbonyl (C=O) groups excluding carboxylic acids is 2. The number of aliphatic imine (C=N–C) groups is 1. The fourth-order valence-electron chi connectivity index (χ4n) is 4.57. The first kappa shape index (κ1) is 24.5. The summed E-state index contributed by atoms with van der Waals surface area (Å²) >= 11 is 1.48. The summed E-state index contributed by atoms with van der Waals surface area (Å²) < 4.78 is 10.5. The van der Waals surface area contributed by atoms with Gasteiger partial charge in [0.2, 0.25) is 5.91 Å². The number of ether oxygens (including phenoxy) is 2. The Morgan fingerprint density at radius 1 is 1.24 bits per heavy atom. The number of nitrogens with zero attached hydrogens (tertiary/aromatic N) is 3. The Labute approximate surface area is 205 Å². The molecule has 8 nitrogen and oxygen atoms in total. The van der Waals surface area contributed by atoms with Crippen molar-refractivity contribution in [2.45, 2.75) is 33.2 Å². The maximum Gasteiger partial charge on any atom is 0.338 e. The first-order chi connectivity index (χ1) is 16.4. The van der Waals surface area contributed by atoms with E-state index in [2.05, 4.69) is 27.3 Å². The predicted octanol–water partition coefficient (Wildman–Crippen LogP) is 2.89. The lowest BCUT2D eigenvalue weighted by molar-refractivity contribution is -0.136. The number of rotatable bonds is 7. The highest BCUT2D eigenvalue weighted by atomic mass is 32.2. The average Bonchev–Trinajstić information content (AvgIpc) is 3.20. The van der Waals surface area contributed by atoms with Gasteiger partial charge in [0, 0.05) is 31.9 Å². The molecule has 1 saturated heterocycles. The van der Waals surface area contributed by atoms with Crippen LogP contribution in [0.4, 0.5) is 0 Å². The van der Waals surface area contributed by atoms with Gasteiger partial charge in [-0.2, -0.15) is 0 Å². The SMILES string of the molecule is COC(=O)C1=C(C)N=C2SC=C(CC(=O)NCCN3CCOCC3)N2C1c1ccc(C)cc1C. The van der Waals surface area contributed by atoms with Gasteiger partial charge in [-0.15, -0.1) is 0 Å². The highest BCUT2D eigenvalue weighted by Crippen LogP contribution is 2.45. The van der Waals surface area contributed by atoms with E-state index in [0.717, 1.165) is 60.4 Å². The minimum atomic E-state index is -0.406. The molecule has 0 aliphatic carbocycles. The van der Waals surface area contributed by atoms with Gasteiger partial charge in [0.05, 0.1) is 44.1 Å². The molecule has 3 aliphatic rings. The zero-order valence-corrected chi connectivity index (χ0v) is 21.0. The molecular formula is C25H32N4O4S. The van der Waals surface area contributed by atoms with Gasteiger partial charge in [-0.3, -0.25) is 9.69 Å². The van der Waals surface area contributed by atoms with E-state index >= 15 is 0 Å². The number of thioether (sulfide) groups is 1. The molecule has 34 heavy (non-hydrogen) atoms. The molecule has 9 heteroatoms. The maximum atomic E-state index is 12.9. The highest BCUT2D eigenvalue weighted by Gasteiger charge is 2.41. The molecule has 0 radical (unpaired) electrons. The second-order valence-corrected chi connectivity index (χ2v) is 9.56. The largest absolute Gasteiger partial charge is 0.466 e. The van der Waals surface area contributed by atoms with Crippen LogP contribution in [0.5, 0.6) is 0 Å². The van der Waals surface area contributed by atoms with Crippen molar-refractivity contribution in [1.29, 1.82) is 0 Å². The number of amidine groups is 1. The lowest BCUT2D eigenvalue weighted by Crippen LogP contribution is -2.42. The first-order valence-electron chi connectivity index (χ1n) is 11.6. The molecule has 1 atom stereocenters. The van der Waals surface area contributed by atoms with E-state index in [1.165, 1.54) is 18.9 Å². The summed E-state index contributed by atoms with van der Waals surface area (Å²) in [5, 5.41) is 5.77. The molecule has 0 spiro atoms. The molecule has 4 rings (SSSR count). The van der Waals surface area contributed by atoms with E-state index in [1.807, 2.05) is 37.1 Å². The van der Waals surface area contributed by atoms with Gasteiger partial charge in [-0.1, -0.05) is 35.5 Å². The minimum absolute atomic E-state index is 0.0494. The van der Waals surface area contributed by atoms with Crippen molar-refractivity contribution in [3.63, 3.8) is 0 Å². The molecule has 1 amide bonds. The summed E-state index contributed by atoms with van der Waals surface area (Å²) in [7, 11) is 1.39. The monoisotopic (exact) mass is 484 g/mol. The van der Waals surface area contributed by atoms with Crippen molar-refractivity contribution in [1.82, 2.24) is 15.1 Å². The Hall–Kier alpha value is -2.62. The Morgan fingerprint density at radius 2 is 2.00 bits per heavy atom. The molecule has 3 heterocycles. The van der Waals surface area contributed by atoms with Crippen LogP contribution < -0.4 is 5.32 Å². The number of allylic oxidation sites excluding steroid dienone is 1. The second-order valence-electron chi connectivity index (χ2n) is 8.73. The van der Waals surface area contributed by atoms with Crippen molar-refractivity contribution >= 4 is 28.8 Å². The van der Waals surface area contributed by atoms with Crippen LogP contribution in [0.3, 0.4) is 0 Å². The van der Waals surface area contributed by atoms with Crippen LogP contribution >= 0.6 is 11.8 Å². The fraction of sp³-hybridized carbons (Fsp3) is 0.480. The summed E-state index contributed by atoms with van der Waals surface area (Å²) in [6.07, 6.45) is 0.212. The number of fused-ring (bicyclic) bond motifs is 1. The number of esters is 1. The number of morpholine rings is 1. The van der Waals surface area contributed by atoms with Crippen LogP contribution in [0, 0.1) is 13.8 Å². The number of methoxy groups -OCH3 is 1. The normalized spacial score (nSPS) is 20.6. The van der Waals surface area contributed by atoms with Crippen molar-refractivity contribution < 1.29 is 19.1 Å². The Morgan fingerprint density at radius 3 is 2.71 bits per heavy atom. The number of amides is 1. The lowest BCUT2D eigenvalue weighted by atomic mass is 9.90. The summed E-state index contributed by atoms with van der Waals surface area (Å²) in [5.41, 5.74) is 5.19. The average molecular weight is 485 g/mol. The van der Waals surface area contributed by atoms with Gasteiger partial charge < -0.3 is 19.7 Å². The Kier molecular flexibility index (Phi) is 7.75. The number of carbonyl (C=O) groups is 2. The molecule has 0 saturated carbocycles. The number of hydrogen-bond acceptors (Lipinski definition) is 8. The molecule has 182 valence electrons. The van der Waals surface area contributed by atoms with Crippen molar-refractivity contribution in [2.24, 2.45) is 4.99 Å². The smallest absolute Gasteiger partial charge is 0.338 e. The highest BCUT2D eigenvalue weighted by molar-refractivity contribution is 8.16. The topological polar surface area (TPSA) is 83.5 Å². The summed E-state index contributed by atoms with van der Waals surface area (Å²) in [6, 6.07) is 5.80. The predicted molar refractivity (Wildman–Crippen MR) is 133 cm³/mol. The minimum Gasteiger partial charge on any atom is -0.466 e. The van der Waals surface area contributed by atoms with Crippen LogP contribution in [0.15, 0.2) is 45.6 Å². The standard InChI is InChI=1S/C25H32N4O4S/c1-16-5-6-20(17(2)13-16)23-22(24(31)32-4)18(3)27-25-29(23)19(15-34-25)14-21(30)26-7-8-28-9-11-33-12-10-28/h5-6,13,15,23H,7-12,14H2,1-4H3,(H,26,30). The molecule has 1 fully saturated rings. The van der Waals surface area contributed by atoms with E-state index in [9.17, 15) is 9.59 Å². The van der Waals surface area contributed by atoms with Gasteiger partial charge in [0.25, 0.3) is 0 Å². The quantitative estimate of drug-likeness (QED) is 0.596. The fourth-order valence-corrected chi connectivity index (χ4v) is 5.54. The van der Waals surface area contributed by atoms with Crippen LogP contribution in [0.2, 0.25) is 0 Å². The zero-order valence-electron chi connectivity index (χ0n) is 20.2. The van der Waals surface area contributed by atoms with Crippen LogP contribution in [-0.2, 0) is 19.1 Å². The summed E-state index contributed by atoms with van der Waals surface area (Å²) in [5.74, 6) is -0.455. The number of nitrogens with one attached hydrogen (secondary N) is 1. The third-order valence-corrected chi connectivity index (χ3v) is 7.21. The van der Waals surface area contributed by atoms with Gasteiger partial charge in [0.15, 0.2) is 5.17 Å². The van der Waals surface area contributed by atoms with Gasteiger partial charge in [-0.25, -0.2) is 9.79 Å².